The molecule has 0 aromatic heterocycles. The number of carbonyl (C=O) groups is 2. The van der Waals surface area contributed by atoms with Gasteiger partial charge in [0.05, 0.1) is 12.2 Å². The molecule has 0 aliphatic heterocycles. The monoisotopic (exact) mass is 376 g/mol. The molecule has 0 saturated heterocycles. The lowest BCUT2D eigenvalue weighted by molar-refractivity contribution is -0.136. The van der Waals surface area contributed by atoms with Crippen LogP contribution in [0.4, 0.5) is 0 Å². The van der Waals surface area contributed by atoms with Crippen molar-refractivity contribution in [3.8, 4) is 0 Å². The molecule has 0 aromatic rings. The van der Waals surface area contributed by atoms with E-state index in [-0.39, 0.29) is 30.5 Å². The topological polar surface area (TPSA) is 94.8 Å². The van der Waals surface area contributed by atoms with Gasteiger partial charge >= 0.3 is 5.97 Å². The number of rotatable bonds is 12. The van der Waals surface area contributed by atoms with Crippen LogP contribution in [0.25, 0.3) is 0 Å². The van der Waals surface area contributed by atoms with Crippen LogP contribution in [0.1, 0.15) is 51.9 Å². The van der Waals surface area contributed by atoms with Gasteiger partial charge in [-0.3, -0.25) is 9.59 Å². The maximum atomic E-state index is 11.8. The Morgan fingerprint density at radius 3 is 2.41 bits per heavy atom. The summed E-state index contributed by atoms with van der Waals surface area (Å²) in [4.78, 5) is 22.1. The Morgan fingerprint density at radius 1 is 1.15 bits per heavy atom. The van der Waals surface area contributed by atoms with Crippen LogP contribution in [0.3, 0.4) is 0 Å². The number of aliphatic hydroxyl groups excluding tert-OH is 2. The van der Waals surface area contributed by atoms with E-state index in [0.717, 1.165) is 12.8 Å². The molecule has 3 N–H and O–H groups in total. The molecule has 0 heterocycles. The highest BCUT2D eigenvalue weighted by Crippen LogP contribution is 2.32. The fraction of sp³-hybridized carbons (Fsp3) is 0.545. The lowest BCUT2D eigenvalue weighted by Crippen LogP contribution is -2.18. The number of carboxylic acids is 1. The zero-order valence-corrected chi connectivity index (χ0v) is 16.0. The molecule has 1 fully saturated rings. The number of aliphatic hydroxyl groups is 2. The van der Waals surface area contributed by atoms with Gasteiger partial charge in [-0.2, -0.15) is 0 Å². The molecule has 4 atom stereocenters. The predicted molar refractivity (Wildman–Crippen MR) is 106 cm³/mol. The molecular weight excluding hydrogens is 344 g/mol. The lowest BCUT2D eigenvalue weighted by Gasteiger charge is -2.16. The summed E-state index contributed by atoms with van der Waals surface area (Å²) in [7, 11) is 0. The third-order valence-electron chi connectivity index (χ3n) is 4.67. The SMILES string of the molecule is CC[C@@H]1C(=O)C[C@@H](O)[C@H]1/C=C/[C@@H](O)C/C=C\C/C=C\C/C=C\CCC(=O)O. The standard InChI is InChI=1S/C22H32O5/c1-2-18-19(21(25)16-20(18)24)15-14-17(23)12-10-8-6-4-3-5-7-9-11-13-22(26)27/h3-4,7-10,14-15,17-19,21,23,25H,2,5-6,11-13,16H2,1H3,(H,26,27)/b4-3-,9-7-,10-8-,15-14+/t17-,18-,19-,21+/m0/s1. The quantitative estimate of drug-likeness (QED) is 0.453. The summed E-state index contributed by atoms with van der Waals surface area (Å²) in [5, 5.41) is 28.5. The van der Waals surface area contributed by atoms with Gasteiger partial charge in [-0.15, -0.1) is 0 Å². The van der Waals surface area contributed by atoms with Gasteiger partial charge in [0.1, 0.15) is 5.78 Å². The van der Waals surface area contributed by atoms with Crippen molar-refractivity contribution >= 4 is 11.8 Å². The second kappa shape index (κ2) is 13.2. The minimum Gasteiger partial charge on any atom is -0.481 e. The van der Waals surface area contributed by atoms with E-state index in [2.05, 4.69) is 0 Å². The van der Waals surface area contributed by atoms with E-state index in [9.17, 15) is 19.8 Å². The number of allylic oxidation sites excluding steroid dienone is 5. The number of carboxylic acid groups (broad SMARTS) is 1. The molecule has 1 aliphatic rings. The summed E-state index contributed by atoms with van der Waals surface area (Å²) in [5.74, 6) is -0.997. The summed E-state index contributed by atoms with van der Waals surface area (Å²) in [6.07, 6.45) is 17.6. The van der Waals surface area contributed by atoms with Gasteiger partial charge in [0.25, 0.3) is 0 Å². The smallest absolute Gasteiger partial charge is 0.303 e. The van der Waals surface area contributed by atoms with Crippen molar-refractivity contribution in [2.75, 3.05) is 0 Å². The Hall–Kier alpha value is -1.98. The van der Waals surface area contributed by atoms with Crippen LogP contribution < -0.4 is 0 Å². The molecule has 0 aromatic carbocycles. The van der Waals surface area contributed by atoms with E-state index in [0.29, 0.717) is 19.3 Å². The molecule has 0 bridgehead atoms. The number of hydrogen-bond acceptors (Lipinski definition) is 4. The first-order chi connectivity index (χ1) is 13.0. The molecule has 1 rings (SSSR count). The zero-order chi connectivity index (χ0) is 20.1. The molecule has 27 heavy (non-hydrogen) atoms. The van der Waals surface area contributed by atoms with E-state index >= 15 is 0 Å². The van der Waals surface area contributed by atoms with Crippen LogP contribution in [0.15, 0.2) is 48.6 Å². The number of hydrogen-bond donors (Lipinski definition) is 3. The van der Waals surface area contributed by atoms with Gasteiger partial charge in [0, 0.05) is 24.7 Å². The summed E-state index contributed by atoms with van der Waals surface area (Å²) in [6.45, 7) is 1.94. The largest absolute Gasteiger partial charge is 0.481 e. The Morgan fingerprint density at radius 2 is 1.78 bits per heavy atom. The fourth-order valence-electron chi connectivity index (χ4n) is 3.18. The minimum atomic E-state index is -0.782. The van der Waals surface area contributed by atoms with E-state index in [1.807, 2.05) is 43.4 Å². The fourth-order valence-corrected chi connectivity index (χ4v) is 3.18. The maximum Gasteiger partial charge on any atom is 0.303 e. The molecule has 1 aliphatic carbocycles. The van der Waals surface area contributed by atoms with Gasteiger partial charge in [-0.25, -0.2) is 0 Å². The average Bonchev–Trinajstić information content (AvgIpc) is 2.90. The van der Waals surface area contributed by atoms with Gasteiger partial charge in [-0.05, 0) is 32.1 Å². The molecule has 0 amide bonds. The Balaban J connectivity index is 2.22. The van der Waals surface area contributed by atoms with Crippen LogP contribution in [0.5, 0.6) is 0 Å². The van der Waals surface area contributed by atoms with Crippen molar-refractivity contribution in [3.63, 3.8) is 0 Å². The van der Waals surface area contributed by atoms with Crippen molar-refractivity contribution in [1.29, 1.82) is 0 Å². The van der Waals surface area contributed by atoms with Crippen molar-refractivity contribution in [3.05, 3.63) is 48.6 Å². The summed E-state index contributed by atoms with van der Waals surface area (Å²) in [5.41, 5.74) is 0. The van der Waals surface area contributed by atoms with Crippen LogP contribution in [-0.2, 0) is 9.59 Å². The number of ketones is 1. The summed E-state index contributed by atoms with van der Waals surface area (Å²) < 4.78 is 0. The van der Waals surface area contributed by atoms with Gasteiger partial charge in [-0.1, -0.05) is 55.5 Å². The number of aliphatic carboxylic acids is 1. The highest BCUT2D eigenvalue weighted by atomic mass is 16.4. The van der Waals surface area contributed by atoms with E-state index in [1.165, 1.54) is 0 Å². The number of carbonyl (C=O) groups excluding carboxylic acids is 1. The van der Waals surface area contributed by atoms with Crippen molar-refractivity contribution in [2.24, 2.45) is 11.8 Å². The second-order valence-corrected chi connectivity index (χ2v) is 6.84. The van der Waals surface area contributed by atoms with E-state index in [1.54, 1.807) is 12.2 Å². The van der Waals surface area contributed by atoms with Crippen LogP contribution in [0, 0.1) is 11.8 Å². The van der Waals surface area contributed by atoms with Gasteiger partial charge in [0.2, 0.25) is 0 Å². The lowest BCUT2D eigenvalue weighted by atomic mass is 9.91. The highest BCUT2D eigenvalue weighted by Gasteiger charge is 2.38. The van der Waals surface area contributed by atoms with Crippen molar-refractivity contribution in [1.82, 2.24) is 0 Å². The molecule has 0 unspecified atom stereocenters. The average molecular weight is 376 g/mol. The first-order valence-corrected chi connectivity index (χ1v) is 9.69. The Labute approximate surface area is 161 Å². The zero-order valence-electron chi connectivity index (χ0n) is 16.0. The third kappa shape index (κ3) is 9.50. The first-order valence-electron chi connectivity index (χ1n) is 9.69. The van der Waals surface area contributed by atoms with Crippen molar-refractivity contribution < 1.29 is 24.9 Å². The molecule has 1 saturated carbocycles. The second-order valence-electron chi connectivity index (χ2n) is 6.84. The maximum absolute atomic E-state index is 11.8. The minimum absolute atomic E-state index is 0.109. The molecule has 150 valence electrons. The summed E-state index contributed by atoms with van der Waals surface area (Å²) >= 11 is 0. The van der Waals surface area contributed by atoms with E-state index in [4.69, 9.17) is 5.11 Å². The van der Waals surface area contributed by atoms with Gasteiger partial charge < -0.3 is 15.3 Å². The first kappa shape index (κ1) is 23.1. The molecule has 0 spiro atoms. The Bertz CT molecular complexity index is 573. The van der Waals surface area contributed by atoms with Crippen LogP contribution in [0.2, 0.25) is 0 Å². The third-order valence-corrected chi connectivity index (χ3v) is 4.67. The summed E-state index contributed by atoms with van der Waals surface area (Å²) in [6, 6.07) is 0. The predicted octanol–water partition coefficient (Wildman–Crippen LogP) is 3.58. The molecule has 5 nitrogen and oxygen atoms in total. The molecule has 5 heteroatoms. The van der Waals surface area contributed by atoms with Crippen molar-refractivity contribution in [2.45, 2.75) is 64.1 Å². The highest BCUT2D eigenvalue weighted by molar-refractivity contribution is 5.84. The molecule has 0 radical (unpaired) electrons. The van der Waals surface area contributed by atoms with E-state index < -0.39 is 18.2 Å². The molecular formula is C22H32O5. The van der Waals surface area contributed by atoms with Crippen LogP contribution in [-0.4, -0.2) is 39.3 Å². The van der Waals surface area contributed by atoms with Gasteiger partial charge in [0.15, 0.2) is 0 Å². The Kier molecular flexibility index (Phi) is 11.3. The number of Topliss-reactive ketones (excluding diaryl/α,β-unsaturated/α-hetero) is 1. The normalized spacial score (nSPS) is 24.9. The van der Waals surface area contributed by atoms with Crippen LogP contribution >= 0.6 is 0 Å².